The van der Waals surface area contributed by atoms with Gasteiger partial charge in [-0.1, -0.05) is 6.07 Å². The smallest absolute Gasteiger partial charge is 0.242 e. The van der Waals surface area contributed by atoms with Crippen LogP contribution in [0.3, 0.4) is 0 Å². The highest BCUT2D eigenvalue weighted by Crippen LogP contribution is 2.23. The van der Waals surface area contributed by atoms with Gasteiger partial charge in [0.15, 0.2) is 0 Å². The maximum atomic E-state index is 11.5. The molecule has 0 saturated carbocycles. The van der Waals surface area contributed by atoms with Crippen LogP contribution in [0.5, 0.6) is 0 Å². The van der Waals surface area contributed by atoms with E-state index in [1.54, 1.807) is 6.92 Å². The Kier molecular flexibility index (Phi) is 4.48. The minimum absolute atomic E-state index is 0.160. The van der Waals surface area contributed by atoms with Crippen LogP contribution in [-0.2, 0) is 4.79 Å². The van der Waals surface area contributed by atoms with Crippen molar-refractivity contribution in [3.05, 3.63) is 24.3 Å². The van der Waals surface area contributed by atoms with Crippen LogP contribution in [0.4, 0.5) is 11.4 Å². The van der Waals surface area contributed by atoms with Gasteiger partial charge in [0.1, 0.15) is 5.38 Å². The molecular weight excluding hydrogens is 248 g/mol. The number of hydrogen-bond acceptors (Lipinski definition) is 2. The summed E-state index contributed by atoms with van der Waals surface area (Å²) in [6.45, 7) is 3.87. The third-order valence-corrected chi connectivity index (χ3v) is 3.39. The molecule has 1 aliphatic rings. The molecule has 0 spiro atoms. The van der Waals surface area contributed by atoms with Gasteiger partial charge >= 0.3 is 0 Å². The molecular formula is C14H19ClN2O. The van der Waals surface area contributed by atoms with E-state index in [1.165, 1.54) is 24.9 Å². The van der Waals surface area contributed by atoms with Crippen molar-refractivity contribution >= 4 is 28.9 Å². The normalized spacial score (nSPS) is 17.3. The molecule has 18 heavy (non-hydrogen) atoms. The molecule has 1 aromatic rings. The third-order valence-electron chi connectivity index (χ3n) is 3.20. The molecule has 1 fully saturated rings. The van der Waals surface area contributed by atoms with Crippen LogP contribution in [0.2, 0.25) is 0 Å². The van der Waals surface area contributed by atoms with Crippen LogP contribution in [0.15, 0.2) is 24.3 Å². The van der Waals surface area contributed by atoms with E-state index in [0.29, 0.717) is 0 Å². The van der Waals surface area contributed by atoms with Gasteiger partial charge < -0.3 is 10.2 Å². The Balaban J connectivity index is 2.07. The van der Waals surface area contributed by atoms with E-state index < -0.39 is 5.38 Å². The van der Waals surface area contributed by atoms with Crippen molar-refractivity contribution in [2.24, 2.45) is 0 Å². The molecule has 0 radical (unpaired) electrons. The molecule has 2 rings (SSSR count). The molecule has 1 saturated heterocycles. The van der Waals surface area contributed by atoms with Crippen LogP contribution in [0.25, 0.3) is 0 Å². The topological polar surface area (TPSA) is 32.3 Å². The van der Waals surface area contributed by atoms with Crippen molar-refractivity contribution in [1.29, 1.82) is 0 Å². The highest BCUT2D eigenvalue weighted by molar-refractivity contribution is 6.32. The predicted octanol–water partition coefficient (Wildman–Crippen LogP) is 3.24. The van der Waals surface area contributed by atoms with E-state index >= 15 is 0 Å². The number of carbonyl (C=O) groups excluding carboxylic acids is 1. The maximum Gasteiger partial charge on any atom is 0.242 e. The van der Waals surface area contributed by atoms with Gasteiger partial charge in [-0.2, -0.15) is 0 Å². The Morgan fingerprint density at radius 3 is 2.72 bits per heavy atom. The predicted molar refractivity (Wildman–Crippen MR) is 76.5 cm³/mol. The first-order valence-corrected chi connectivity index (χ1v) is 6.90. The third kappa shape index (κ3) is 3.39. The lowest BCUT2D eigenvalue weighted by molar-refractivity contribution is -0.115. The van der Waals surface area contributed by atoms with Gasteiger partial charge in [-0.3, -0.25) is 4.79 Å². The number of anilines is 2. The summed E-state index contributed by atoms with van der Waals surface area (Å²) in [5.74, 6) is -0.160. The SMILES string of the molecule is C[C@H](Cl)C(=O)Nc1cccc(N2CCCCC2)c1. The summed E-state index contributed by atoms with van der Waals surface area (Å²) in [5.41, 5.74) is 1.99. The molecule has 98 valence electrons. The number of rotatable bonds is 3. The van der Waals surface area contributed by atoms with Gasteiger partial charge in [-0.05, 0) is 44.4 Å². The zero-order valence-electron chi connectivity index (χ0n) is 10.7. The number of halogens is 1. The number of hydrogen-bond donors (Lipinski definition) is 1. The van der Waals surface area contributed by atoms with Crippen LogP contribution >= 0.6 is 11.6 Å². The molecule has 0 aromatic heterocycles. The minimum atomic E-state index is -0.511. The summed E-state index contributed by atoms with van der Waals surface area (Å²) in [7, 11) is 0. The minimum Gasteiger partial charge on any atom is -0.371 e. The fourth-order valence-corrected chi connectivity index (χ4v) is 2.23. The lowest BCUT2D eigenvalue weighted by atomic mass is 10.1. The van der Waals surface area contributed by atoms with Gasteiger partial charge in [-0.15, -0.1) is 11.6 Å². The van der Waals surface area contributed by atoms with E-state index in [1.807, 2.05) is 18.2 Å². The number of alkyl halides is 1. The van der Waals surface area contributed by atoms with Crippen LogP contribution in [-0.4, -0.2) is 24.4 Å². The summed E-state index contributed by atoms with van der Waals surface area (Å²) >= 11 is 5.74. The fourth-order valence-electron chi connectivity index (χ4n) is 2.17. The second-order valence-corrected chi connectivity index (χ2v) is 5.36. The fraction of sp³-hybridized carbons (Fsp3) is 0.500. The van der Waals surface area contributed by atoms with Gasteiger partial charge in [0.05, 0.1) is 0 Å². The van der Waals surface area contributed by atoms with Crippen molar-refractivity contribution in [2.75, 3.05) is 23.3 Å². The second-order valence-electron chi connectivity index (χ2n) is 4.70. The molecule has 1 heterocycles. The van der Waals surface area contributed by atoms with E-state index in [-0.39, 0.29) is 5.91 Å². The molecule has 1 aromatic carbocycles. The standard InChI is InChI=1S/C14H19ClN2O/c1-11(15)14(18)16-12-6-5-7-13(10-12)17-8-3-2-4-9-17/h5-7,10-11H,2-4,8-9H2,1H3,(H,16,18)/t11-/m0/s1. The largest absolute Gasteiger partial charge is 0.371 e. The number of carbonyl (C=O) groups is 1. The van der Waals surface area contributed by atoms with Crippen LogP contribution in [0, 0.1) is 0 Å². The Hall–Kier alpha value is -1.22. The monoisotopic (exact) mass is 266 g/mol. The van der Waals surface area contributed by atoms with E-state index in [9.17, 15) is 4.79 Å². The highest BCUT2D eigenvalue weighted by atomic mass is 35.5. The zero-order chi connectivity index (χ0) is 13.0. The maximum absolute atomic E-state index is 11.5. The average Bonchev–Trinajstić information content (AvgIpc) is 2.40. The van der Waals surface area contributed by atoms with Crippen molar-refractivity contribution in [2.45, 2.75) is 31.6 Å². The summed E-state index contributed by atoms with van der Waals surface area (Å²) in [5, 5.41) is 2.31. The number of amides is 1. The molecule has 0 unspecified atom stereocenters. The van der Waals surface area contributed by atoms with Gasteiger partial charge in [0.25, 0.3) is 0 Å². The second kappa shape index (κ2) is 6.10. The molecule has 1 amide bonds. The number of nitrogens with one attached hydrogen (secondary N) is 1. The van der Waals surface area contributed by atoms with Crippen molar-refractivity contribution < 1.29 is 4.79 Å². The van der Waals surface area contributed by atoms with E-state index in [2.05, 4.69) is 16.3 Å². The Bertz CT molecular complexity index is 414. The lowest BCUT2D eigenvalue weighted by Crippen LogP contribution is -2.29. The first-order chi connectivity index (χ1) is 8.66. The number of piperidine rings is 1. The van der Waals surface area contributed by atoms with Gasteiger partial charge in [0, 0.05) is 24.5 Å². The summed E-state index contributed by atoms with van der Waals surface area (Å²) in [4.78, 5) is 13.9. The number of benzene rings is 1. The first-order valence-electron chi connectivity index (χ1n) is 6.47. The molecule has 1 aliphatic heterocycles. The lowest BCUT2D eigenvalue weighted by Gasteiger charge is -2.29. The molecule has 1 atom stereocenters. The van der Waals surface area contributed by atoms with Gasteiger partial charge in [-0.25, -0.2) is 0 Å². The Labute approximate surface area is 113 Å². The summed E-state index contributed by atoms with van der Waals surface area (Å²) < 4.78 is 0. The summed E-state index contributed by atoms with van der Waals surface area (Å²) in [6.07, 6.45) is 3.81. The molecule has 3 nitrogen and oxygen atoms in total. The summed E-state index contributed by atoms with van der Waals surface area (Å²) in [6, 6.07) is 7.97. The van der Waals surface area contributed by atoms with Crippen LogP contribution < -0.4 is 10.2 Å². The average molecular weight is 267 g/mol. The van der Waals surface area contributed by atoms with Gasteiger partial charge in [0.2, 0.25) is 5.91 Å². The van der Waals surface area contributed by atoms with Crippen LogP contribution in [0.1, 0.15) is 26.2 Å². The van der Waals surface area contributed by atoms with Crippen molar-refractivity contribution in [1.82, 2.24) is 0 Å². The Morgan fingerprint density at radius 1 is 1.33 bits per heavy atom. The van der Waals surface area contributed by atoms with E-state index in [0.717, 1.165) is 18.8 Å². The Morgan fingerprint density at radius 2 is 2.06 bits per heavy atom. The van der Waals surface area contributed by atoms with Crippen molar-refractivity contribution in [3.63, 3.8) is 0 Å². The number of nitrogens with zero attached hydrogens (tertiary/aromatic N) is 1. The quantitative estimate of drug-likeness (QED) is 0.852. The first kappa shape index (κ1) is 13.2. The van der Waals surface area contributed by atoms with Crippen molar-refractivity contribution in [3.8, 4) is 0 Å². The highest BCUT2D eigenvalue weighted by Gasteiger charge is 2.13. The van der Waals surface area contributed by atoms with E-state index in [4.69, 9.17) is 11.6 Å². The molecule has 0 aliphatic carbocycles. The molecule has 4 heteroatoms. The zero-order valence-corrected chi connectivity index (χ0v) is 11.4. The molecule has 0 bridgehead atoms. The molecule has 1 N–H and O–H groups in total.